The average molecular weight is 271 g/mol. The van der Waals surface area contributed by atoms with Crippen molar-refractivity contribution in [1.82, 2.24) is 15.2 Å². The van der Waals surface area contributed by atoms with Crippen molar-refractivity contribution >= 4 is 11.8 Å². The Balaban J connectivity index is 1.95. The van der Waals surface area contributed by atoms with E-state index in [2.05, 4.69) is 70.9 Å². The Hall–Kier alpha value is -2.17. The second-order valence-corrected chi connectivity index (χ2v) is 4.96. The first-order valence-corrected chi connectivity index (χ1v) is 6.93. The van der Waals surface area contributed by atoms with Gasteiger partial charge in [-0.15, -0.1) is 5.10 Å². The predicted molar refractivity (Wildman–Crippen MR) is 81.7 cm³/mol. The maximum atomic E-state index is 4.40. The molecule has 0 bridgehead atoms. The van der Waals surface area contributed by atoms with Gasteiger partial charge in [0.2, 0.25) is 5.95 Å². The van der Waals surface area contributed by atoms with Gasteiger partial charge in [0.05, 0.1) is 6.20 Å². The summed E-state index contributed by atoms with van der Waals surface area (Å²) in [7, 11) is 0. The summed E-state index contributed by atoms with van der Waals surface area (Å²) in [6, 6.07) is 8.75. The van der Waals surface area contributed by atoms with Gasteiger partial charge in [-0.1, -0.05) is 36.8 Å². The van der Waals surface area contributed by atoms with E-state index >= 15 is 0 Å². The summed E-state index contributed by atoms with van der Waals surface area (Å²) in [4.78, 5) is 4.40. The van der Waals surface area contributed by atoms with Crippen LogP contribution in [0.2, 0.25) is 0 Å². The number of rotatable bonds is 6. The summed E-state index contributed by atoms with van der Waals surface area (Å²) >= 11 is 0. The van der Waals surface area contributed by atoms with E-state index in [9.17, 15) is 0 Å². The average Bonchev–Trinajstić information content (AvgIpc) is 2.47. The summed E-state index contributed by atoms with van der Waals surface area (Å²) in [5.74, 6) is 1.29. The van der Waals surface area contributed by atoms with Gasteiger partial charge in [0, 0.05) is 12.6 Å². The Morgan fingerprint density at radius 2 is 1.95 bits per heavy atom. The SMILES string of the molecule is CCC(C)Nc1nncc(NCc2ccc(C)cc2)n1. The molecular formula is C15H21N5. The zero-order chi connectivity index (χ0) is 14.4. The van der Waals surface area contributed by atoms with Crippen molar-refractivity contribution in [2.24, 2.45) is 0 Å². The molecule has 0 aliphatic carbocycles. The summed E-state index contributed by atoms with van der Waals surface area (Å²) in [5.41, 5.74) is 2.48. The molecule has 0 aliphatic heterocycles. The number of nitrogens with one attached hydrogen (secondary N) is 2. The Morgan fingerprint density at radius 1 is 1.20 bits per heavy atom. The van der Waals surface area contributed by atoms with Gasteiger partial charge in [-0.25, -0.2) is 0 Å². The minimum atomic E-state index is 0.337. The van der Waals surface area contributed by atoms with Gasteiger partial charge in [0.15, 0.2) is 5.82 Å². The molecule has 2 aromatic rings. The van der Waals surface area contributed by atoms with Crippen LogP contribution in [0.3, 0.4) is 0 Å². The fourth-order valence-corrected chi connectivity index (χ4v) is 1.67. The molecule has 2 rings (SSSR count). The zero-order valence-corrected chi connectivity index (χ0v) is 12.2. The van der Waals surface area contributed by atoms with Crippen LogP contribution in [0, 0.1) is 6.92 Å². The van der Waals surface area contributed by atoms with Crippen LogP contribution in [0.4, 0.5) is 11.8 Å². The van der Waals surface area contributed by atoms with Crippen LogP contribution in [-0.4, -0.2) is 21.2 Å². The minimum absolute atomic E-state index is 0.337. The number of anilines is 2. The molecule has 0 saturated heterocycles. The van der Waals surface area contributed by atoms with Crippen molar-refractivity contribution in [1.29, 1.82) is 0 Å². The Bertz CT molecular complexity index is 538. The number of hydrogen-bond acceptors (Lipinski definition) is 5. The molecule has 0 saturated carbocycles. The van der Waals surface area contributed by atoms with Crippen LogP contribution >= 0.6 is 0 Å². The predicted octanol–water partition coefficient (Wildman–Crippen LogP) is 3.00. The highest BCUT2D eigenvalue weighted by Crippen LogP contribution is 2.09. The van der Waals surface area contributed by atoms with Crippen LogP contribution in [-0.2, 0) is 6.54 Å². The lowest BCUT2D eigenvalue weighted by atomic mass is 10.1. The third-order valence-corrected chi connectivity index (χ3v) is 3.14. The highest BCUT2D eigenvalue weighted by Gasteiger charge is 2.03. The number of hydrogen-bond donors (Lipinski definition) is 2. The second-order valence-electron chi connectivity index (χ2n) is 4.96. The highest BCUT2D eigenvalue weighted by atomic mass is 15.3. The number of nitrogens with zero attached hydrogens (tertiary/aromatic N) is 3. The van der Waals surface area contributed by atoms with E-state index in [4.69, 9.17) is 0 Å². The van der Waals surface area contributed by atoms with Crippen LogP contribution < -0.4 is 10.6 Å². The van der Waals surface area contributed by atoms with Gasteiger partial charge in [-0.05, 0) is 25.8 Å². The number of aryl methyl sites for hydroxylation is 1. The maximum Gasteiger partial charge on any atom is 0.244 e. The lowest BCUT2D eigenvalue weighted by Crippen LogP contribution is -2.16. The second kappa shape index (κ2) is 6.84. The van der Waals surface area contributed by atoms with E-state index in [-0.39, 0.29) is 0 Å². The molecule has 0 spiro atoms. The Morgan fingerprint density at radius 3 is 2.65 bits per heavy atom. The molecule has 5 nitrogen and oxygen atoms in total. The van der Waals surface area contributed by atoms with Gasteiger partial charge >= 0.3 is 0 Å². The highest BCUT2D eigenvalue weighted by molar-refractivity contribution is 5.38. The van der Waals surface area contributed by atoms with Gasteiger partial charge in [0.1, 0.15) is 0 Å². The molecule has 5 heteroatoms. The zero-order valence-electron chi connectivity index (χ0n) is 12.2. The largest absolute Gasteiger partial charge is 0.365 e. The first-order chi connectivity index (χ1) is 9.67. The smallest absolute Gasteiger partial charge is 0.244 e. The van der Waals surface area contributed by atoms with Gasteiger partial charge < -0.3 is 10.6 Å². The monoisotopic (exact) mass is 271 g/mol. The molecule has 106 valence electrons. The van der Waals surface area contributed by atoms with Crippen LogP contribution in [0.15, 0.2) is 30.5 Å². The van der Waals surface area contributed by atoms with E-state index in [1.807, 2.05) is 0 Å². The van der Waals surface area contributed by atoms with Crippen molar-refractivity contribution < 1.29 is 0 Å². The molecule has 0 radical (unpaired) electrons. The Kier molecular flexibility index (Phi) is 4.87. The molecule has 0 aliphatic rings. The molecule has 1 heterocycles. The van der Waals surface area contributed by atoms with E-state index in [1.54, 1.807) is 6.20 Å². The normalized spacial score (nSPS) is 11.9. The van der Waals surface area contributed by atoms with Crippen molar-refractivity contribution in [3.8, 4) is 0 Å². The molecular weight excluding hydrogens is 250 g/mol. The molecule has 1 aromatic carbocycles. The molecule has 2 N–H and O–H groups in total. The fraction of sp³-hybridized carbons (Fsp3) is 0.400. The van der Waals surface area contributed by atoms with E-state index in [0.717, 1.165) is 18.8 Å². The molecule has 0 fully saturated rings. The summed E-state index contributed by atoms with van der Waals surface area (Å²) < 4.78 is 0. The first kappa shape index (κ1) is 14.2. The minimum Gasteiger partial charge on any atom is -0.365 e. The maximum absolute atomic E-state index is 4.40. The lowest BCUT2D eigenvalue weighted by molar-refractivity contribution is 0.746. The summed E-state index contributed by atoms with van der Waals surface area (Å²) in [5, 5.41) is 14.4. The lowest BCUT2D eigenvalue weighted by Gasteiger charge is -2.11. The van der Waals surface area contributed by atoms with Gasteiger partial charge in [0.25, 0.3) is 0 Å². The number of aromatic nitrogens is 3. The molecule has 1 atom stereocenters. The van der Waals surface area contributed by atoms with E-state index in [1.165, 1.54) is 11.1 Å². The standard InChI is InChI=1S/C15H21N5/c1-4-12(3)18-15-19-14(10-17-20-15)16-9-13-7-5-11(2)6-8-13/h5-8,10,12H,4,9H2,1-3H3,(H2,16,18,19,20). The topological polar surface area (TPSA) is 62.7 Å². The van der Waals surface area contributed by atoms with E-state index in [0.29, 0.717) is 12.0 Å². The summed E-state index contributed by atoms with van der Waals surface area (Å²) in [6.45, 7) is 7.01. The third kappa shape index (κ3) is 4.19. The molecule has 20 heavy (non-hydrogen) atoms. The Labute approximate surface area is 119 Å². The number of benzene rings is 1. The fourth-order valence-electron chi connectivity index (χ4n) is 1.67. The van der Waals surface area contributed by atoms with Gasteiger partial charge in [-0.3, -0.25) is 0 Å². The van der Waals surface area contributed by atoms with Crippen LogP contribution in [0.25, 0.3) is 0 Å². The van der Waals surface area contributed by atoms with Crippen molar-refractivity contribution in [2.75, 3.05) is 10.6 Å². The van der Waals surface area contributed by atoms with Gasteiger partial charge in [-0.2, -0.15) is 10.1 Å². The molecule has 0 amide bonds. The van der Waals surface area contributed by atoms with E-state index < -0.39 is 0 Å². The third-order valence-electron chi connectivity index (χ3n) is 3.14. The summed E-state index contributed by atoms with van der Waals surface area (Å²) in [6.07, 6.45) is 2.65. The van der Waals surface area contributed by atoms with Crippen LogP contribution in [0.5, 0.6) is 0 Å². The molecule has 1 aromatic heterocycles. The van der Waals surface area contributed by atoms with Crippen LogP contribution in [0.1, 0.15) is 31.4 Å². The first-order valence-electron chi connectivity index (χ1n) is 6.93. The van der Waals surface area contributed by atoms with Crippen molar-refractivity contribution in [2.45, 2.75) is 39.8 Å². The van der Waals surface area contributed by atoms with Crippen molar-refractivity contribution in [3.05, 3.63) is 41.6 Å². The molecule has 1 unspecified atom stereocenters. The van der Waals surface area contributed by atoms with Crippen molar-refractivity contribution in [3.63, 3.8) is 0 Å². The quantitative estimate of drug-likeness (QED) is 0.845.